The van der Waals surface area contributed by atoms with Gasteiger partial charge in [-0.25, -0.2) is 13.1 Å². The van der Waals surface area contributed by atoms with Crippen molar-refractivity contribution < 1.29 is 31.1 Å². The lowest BCUT2D eigenvalue weighted by atomic mass is 9.86. The summed E-state index contributed by atoms with van der Waals surface area (Å²) in [5, 5.41) is -0.640. The summed E-state index contributed by atoms with van der Waals surface area (Å²) < 4.78 is 69.3. The molecule has 1 aliphatic rings. The van der Waals surface area contributed by atoms with Crippen molar-refractivity contribution in [2.24, 2.45) is 0 Å². The van der Waals surface area contributed by atoms with Gasteiger partial charge < -0.3 is 9.72 Å². The maximum absolute atomic E-state index is 13.2. The van der Waals surface area contributed by atoms with E-state index in [9.17, 15) is 31.2 Å². The molecular formula is C29H31F3N2O5S. The first-order valence-corrected chi connectivity index (χ1v) is 14.4. The van der Waals surface area contributed by atoms with Crippen molar-refractivity contribution >= 4 is 15.9 Å². The van der Waals surface area contributed by atoms with Gasteiger partial charge in [-0.05, 0) is 71.7 Å². The zero-order valence-corrected chi connectivity index (χ0v) is 23.2. The molecule has 1 heterocycles. The van der Waals surface area contributed by atoms with Crippen molar-refractivity contribution in [1.82, 2.24) is 9.71 Å². The van der Waals surface area contributed by atoms with E-state index in [0.717, 1.165) is 5.56 Å². The molecule has 1 saturated carbocycles. The van der Waals surface area contributed by atoms with Gasteiger partial charge in [0.2, 0.25) is 10.0 Å². The van der Waals surface area contributed by atoms with Crippen LogP contribution in [0.3, 0.4) is 0 Å². The summed E-state index contributed by atoms with van der Waals surface area (Å²) in [7, 11) is -3.89. The number of pyridine rings is 1. The molecule has 0 atom stereocenters. The topological polar surface area (TPSA) is 105 Å². The number of ether oxygens (including phenoxy) is 1. The molecule has 40 heavy (non-hydrogen) atoms. The molecule has 0 saturated heterocycles. The molecule has 7 nitrogen and oxygen atoms in total. The Balaban J connectivity index is 1.67. The summed E-state index contributed by atoms with van der Waals surface area (Å²) in [6.45, 7) is 6.06. The molecule has 1 aromatic heterocycles. The van der Waals surface area contributed by atoms with Crippen LogP contribution in [-0.4, -0.2) is 37.3 Å². The van der Waals surface area contributed by atoms with E-state index in [1.165, 1.54) is 0 Å². The molecule has 0 unspecified atom stereocenters. The fourth-order valence-electron chi connectivity index (χ4n) is 4.15. The Morgan fingerprint density at radius 1 is 1.00 bits per heavy atom. The minimum absolute atomic E-state index is 0.0992. The molecule has 2 N–H and O–H groups in total. The van der Waals surface area contributed by atoms with Crippen LogP contribution in [-0.2, 0) is 15.4 Å². The number of benzene rings is 2. The fourth-order valence-corrected chi connectivity index (χ4v) is 5.44. The van der Waals surface area contributed by atoms with Crippen molar-refractivity contribution in [3.05, 3.63) is 76.1 Å². The number of carbonyl (C=O) groups is 1. The highest BCUT2D eigenvalue weighted by Gasteiger charge is 2.37. The first-order chi connectivity index (χ1) is 18.6. The molecular weight excluding hydrogens is 545 g/mol. The fraction of sp³-hybridized carbons (Fsp3) is 0.379. The lowest BCUT2D eigenvalue weighted by Crippen LogP contribution is -2.37. The maximum Gasteiger partial charge on any atom is 0.389 e. The number of aromatic amines is 1. The minimum atomic E-state index is -4.24. The Hall–Kier alpha value is -3.60. The third kappa shape index (κ3) is 7.32. The van der Waals surface area contributed by atoms with E-state index in [0.29, 0.717) is 35.4 Å². The summed E-state index contributed by atoms with van der Waals surface area (Å²) in [5.74, 6) is -0.634. The Morgan fingerprint density at radius 3 is 2.15 bits per heavy atom. The Kier molecular flexibility index (Phi) is 8.16. The zero-order chi connectivity index (χ0) is 29.3. The van der Waals surface area contributed by atoms with Gasteiger partial charge in [0, 0.05) is 17.7 Å². The second kappa shape index (κ2) is 11.1. The average Bonchev–Trinajstić information content (AvgIpc) is 3.72. The van der Waals surface area contributed by atoms with Crippen molar-refractivity contribution in [3.8, 4) is 28.1 Å². The number of halogens is 3. The van der Waals surface area contributed by atoms with Crippen molar-refractivity contribution in [1.29, 1.82) is 0 Å². The molecule has 0 spiro atoms. The van der Waals surface area contributed by atoms with E-state index >= 15 is 0 Å². The number of aromatic nitrogens is 1. The van der Waals surface area contributed by atoms with Crippen LogP contribution in [0.25, 0.3) is 22.4 Å². The molecule has 1 amide bonds. The largest absolute Gasteiger partial charge is 0.494 e. The van der Waals surface area contributed by atoms with Crippen LogP contribution >= 0.6 is 0 Å². The van der Waals surface area contributed by atoms with Gasteiger partial charge in [0.25, 0.3) is 11.5 Å². The SMILES string of the molecule is CC(C)(C)c1ccc(-c2cc(-c3ccc(OCCCC(F)(F)F)cc3)[nH]c(=O)c2C(=O)NS(=O)(=O)C2CC2)cc1. The standard InChI is InChI=1S/C29H31F3N2O5S/c1-28(2,3)20-9-5-18(6-10-20)23-17-24(19-7-11-21(12-8-19)39-16-4-15-29(30,31)32)33-26(35)25(23)27(36)34-40(37,38)22-13-14-22/h5-12,17,22H,4,13-16H2,1-3H3,(H,33,35)(H,34,36). The van der Waals surface area contributed by atoms with Crippen LogP contribution in [0.2, 0.25) is 0 Å². The lowest BCUT2D eigenvalue weighted by molar-refractivity contribution is -0.136. The monoisotopic (exact) mass is 576 g/mol. The third-order valence-corrected chi connectivity index (χ3v) is 8.38. The molecule has 0 bridgehead atoms. The molecule has 3 aromatic rings. The number of hydrogen-bond acceptors (Lipinski definition) is 5. The quantitative estimate of drug-likeness (QED) is 0.306. The summed E-state index contributed by atoms with van der Waals surface area (Å²) in [6.07, 6.45) is -4.43. The summed E-state index contributed by atoms with van der Waals surface area (Å²) in [6, 6.07) is 15.4. The van der Waals surface area contributed by atoms with Crippen molar-refractivity contribution in [2.75, 3.05) is 6.61 Å². The van der Waals surface area contributed by atoms with E-state index in [4.69, 9.17) is 4.74 Å². The number of hydrogen-bond donors (Lipinski definition) is 2. The van der Waals surface area contributed by atoms with E-state index in [-0.39, 0.29) is 29.6 Å². The second-order valence-electron chi connectivity index (χ2n) is 10.9. The van der Waals surface area contributed by atoms with Gasteiger partial charge in [-0.15, -0.1) is 0 Å². The predicted octanol–water partition coefficient (Wildman–Crippen LogP) is 5.95. The van der Waals surface area contributed by atoms with Crippen LogP contribution in [0.15, 0.2) is 59.4 Å². The summed E-state index contributed by atoms with van der Waals surface area (Å²) in [5.41, 5.74) is 1.57. The third-order valence-electron chi connectivity index (χ3n) is 6.56. The van der Waals surface area contributed by atoms with Crippen molar-refractivity contribution in [2.45, 2.75) is 63.3 Å². The van der Waals surface area contributed by atoms with E-state index in [2.05, 4.69) is 25.8 Å². The second-order valence-corrected chi connectivity index (χ2v) is 12.9. The summed E-state index contributed by atoms with van der Waals surface area (Å²) >= 11 is 0. The van der Waals surface area contributed by atoms with Crippen molar-refractivity contribution in [3.63, 3.8) is 0 Å². The summed E-state index contributed by atoms with van der Waals surface area (Å²) in [4.78, 5) is 29.0. The number of carbonyl (C=O) groups excluding carboxylic acids is 1. The first-order valence-electron chi connectivity index (χ1n) is 12.9. The van der Waals surface area contributed by atoms with Gasteiger partial charge in [-0.3, -0.25) is 9.59 Å². The van der Waals surface area contributed by atoms with Crippen LogP contribution in [0.4, 0.5) is 13.2 Å². The molecule has 1 fully saturated rings. The normalized spacial score (nSPS) is 14.2. The van der Waals surface area contributed by atoms with Crippen LogP contribution in [0, 0.1) is 0 Å². The van der Waals surface area contributed by atoms with Gasteiger partial charge in [-0.2, -0.15) is 13.2 Å². The van der Waals surface area contributed by atoms with Crippen LogP contribution < -0.4 is 15.0 Å². The number of nitrogens with one attached hydrogen (secondary N) is 2. The Bertz CT molecular complexity index is 1530. The predicted molar refractivity (Wildman–Crippen MR) is 147 cm³/mol. The van der Waals surface area contributed by atoms with Gasteiger partial charge in [0.1, 0.15) is 11.3 Å². The van der Waals surface area contributed by atoms with Crippen LogP contribution in [0.5, 0.6) is 5.75 Å². The Morgan fingerprint density at radius 2 is 1.60 bits per heavy atom. The highest BCUT2D eigenvalue weighted by Crippen LogP contribution is 2.31. The molecule has 0 radical (unpaired) electrons. The number of rotatable bonds is 9. The van der Waals surface area contributed by atoms with E-state index < -0.39 is 39.3 Å². The highest BCUT2D eigenvalue weighted by molar-refractivity contribution is 7.91. The first kappa shape index (κ1) is 29.4. The molecule has 4 rings (SSSR count). The Labute approximate surface area is 230 Å². The highest BCUT2D eigenvalue weighted by atomic mass is 32.2. The van der Waals surface area contributed by atoms with Gasteiger partial charge in [0.15, 0.2) is 0 Å². The average molecular weight is 577 g/mol. The number of sulfonamides is 1. The van der Waals surface area contributed by atoms with E-state index in [1.807, 2.05) is 16.9 Å². The molecule has 1 aliphatic carbocycles. The van der Waals surface area contributed by atoms with Gasteiger partial charge in [-0.1, -0.05) is 45.0 Å². The molecule has 0 aliphatic heterocycles. The minimum Gasteiger partial charge on any atom is -0.494 e. The zero-order valence-electron chi connectivity index (χ0n) is 22.4. The maximum atomic E-state index is 13.2. The number of amides is 1. The van der Waals surface area contributed by atoms with Gasteiger partial charge in [0.05, 0.1) is 11.9 Å². The number of H-pyrrole nitrogens is 1. The van der Waals surface area contributed by atoms with Crippen LogP contribution in [0.1, 0.15) is 62.4 Å². The molecule has 11 heteroatoms. The van der Waals surface area contributed by atoms with Gasteiger partial charge >= 0.3 is 6.18 Å². The molecule has 214 valence electrons. The smallest absolute Gasteiger partial charge is 0.389 e. The van der Waals surface area contributed by atoms with E-state index in [1.54, 1.807) is 42.5 Å². The number of alkyl halides is 3. The lowest BCUT2D eigenvalue weighted by Gasteiger charge is -2.19. The molecule has 2 aromatic carbocycles.